The van der Waals surface area contributed by atoms with Crippen LogP contribution in [0.5, 0.6) is 0 Å². The molecule has 0 amide bonds. The minimum Gasteiger partial charge on any atom is -0.465 e. The van der Waals surface area contributed by atoms with Gasteiger partial charge in [0.15, 0.2) is 11.4 Å². The van der Waals surface area contributed by atoms with Crippen LogP contribution in [0.25, 0.3) is 0 Å². The first-order valence-electron chi connectivity index (χ1n) is 10.9. The first-order valence-corrected chi connectivity index (χ1v) is 10.9. The molecule has 33 heavy (non-hydrogen) atoms. The van der Waals surface area contributed by atoms with E-state index in [1.807, 2.05) is 0 Å². The fraction of sp³-hybridized carbons (Fsp3) is 0.696. The van der Waals surface area contributed by atoms with E-state index < -0.39 is 65.2 Å². The van der Waals surface area contributed by atoms with Gasteiger partial charge in [0.1, 0.15) is 30.8 Å². The molecule has 10 heteroatoms. The van der Waals surface area contributed by atoms with Gasteiger partial charge in [0.05, 0.1) is 11.5 Å². The summed E-state index contributed by atoms with van der Waals surface area (Å²) in [7, 11) is 0. The molecule has 2 aliphatic heterocycles. The highest BCUT2D eigenvalue weighted by molar-refractivity contribution is 5.90. The lowest BCUT2D eigenvalue weighted by Crippen LogP contribution is -2.50. The molecule has 2 heterocycles. The van der Waals surface area contributed by atoms with Gasteiger partial charge in [-0.05, 0) is 27.2 Å². The molecule has 0 bridgehead atoms. The van der Waals surface area contributed by atoms with Gasteiger partial charge < -0.3 is 23.7 Å². The van der Waals surface area contributed by atoms with E-state index in [4.69, 9.17) is 23.7 Å². The Hall–Kier alpha value is -2.75. The van der Waals surface area contributed by atoms with Gasteiger partial charge in [-0.25, -0.2) is 4.79 Å². The maximum atomic E-state index is 13.2. The molecule has 0 aromatic rings. The minimum atomic E-state index is -1.62. The number of ketones is 1. The molecule has 182 valence electrons. The van der Waals surface area contributed by atoms with Crippen LogP contribution in [-0.2, 0) is 47.7 Å². The van der Waals surface area contributed by atoms with E-state index >= 15 is 0 Å². The molecule has 0 aromatic carbocycles. The van der Waals surface area contributed by atoms with Crippen molar-refractivity contribution in [3.8, 4) is 0 Å². The Kier molecular flexibility index (Phi) is 6.70. The van der Waals surface area contributed by atoms with E-state index in [0.29, 0.717) is 6.42 Å². The standard InChI is InChI=1S/C23H30O10/c1-11(2)20(27)30-15-9-23(6,32-13(4)25)16(26)7-8-22(5)19(33-22)18-17(15)14(21(28)31-18)10-29-12(3)24/h14-15,17-19H,1,7-10H2,2-6H3. The molecule has 2 saturated heterocycles. The van der Waals surface area contributed by atoms with Gasteiger partial charge in [-0.15, -0.1) is 0 Å². The molecule has 7 atom stereocenters. The molecule has 3 aliphatic rings. The van der Waals surface area contributed by atoms with Crippen LogP contribution in [0.4, 0.5) is 0 Å². The summed E-state index contributed by atoms with van der Waals surface area (Å²) in [5, 5.41) is 0. The third kappa shape index (κ3) is 5.10. The summed E-state index contributed by atoms with van der Waals surface area (Å²) in [5.74, 6) is -4.76. The third-order valence-electron chi connectivity index (χ3n) is 6.54. The van der Waals surface area contributed by atoms with E-state index in [0.717, 1.165) is 0 Å². The molecule has 0 aromatic heterocycles. The fourth-order valence-electron chi connectivity index (χ4n) is 4.71. The monoisotopic (exact) mass is 466 g/mol. The highest BCUT2D eigenvalue weighted by atomic mass is 16.7. The Morgan fingerprint density at radius 2 is 1.79 bits per heavy atom. The molecule has 1 saturated carbocycles. The average Bonchev–Trinajstić information content (AvgIpc) is 3.25. The minimum absolute atomic E-state index is 0.0557. The van der Waals surface area contributed by atoms with Crippen molar-refractivity contribution in [2.75, 3.05) is 6.61 Å². The summed E-state index contributed by atoms with van der Waals surface area (Å²) in [6.07, 6.45) is -2.24. The van der Waals surface area contributed by atoms with Crippen molar-refractivity contribution in [2.45, 2.75) is 83.4 Å². The van der Waals surface area contributed by atoms with Gasteiger partial charge in [-0.2, -0.15) is 0 Å². The van der Waals surface area contributed by atoms with Crippen molar-refractivity contribution in [3.63, 3.8) is 0 Å². The van der Waals surface area contributed by atoms with E-state index in [1.54, 1.807) is 6.92 Å². The number of hydrogen-bond acceptors (Lipinski definition) is 10. The number of carbonyl (C=O) groups excluding carboxylic acids is 5. The summed E-state index contributed by atoms with van der Waals surface area (Å²) >= 11 is 0. The van der Waals surface area contributed by atoms with Gasteiger partial charge in [0.25, 0.3) is 0 Å². The van der Waals surface area contributed by atoms with Crippen LogP contribution in [0, 0.1) is 11.8 Å². The van der Waals surface area contributed by atoms with Crippen LogP contribution >= 0.6 is 0 Å². The van der Waals surface area contributed by atoms with Crippen molar-refractivity contribution in [1.29, 1.82) is 0 Å². The number of esters is 4. The molecule has 10 nitrogen and oxygen atoms in total. The summed E-state index contributed by atoms with van der Waals surface area (Å²) in [5.41, 5.74) is -2.25. The third-order valence-corrected chi connectivity index (χ3v) is 6.54. The lowest BCUT2D eigenvalue weighted by molar-refractivity contribution is -0.173. The second-order valence-corrected chi connectivity index (χ2v) is 9.41. The van der Waals surface area contributed by atoms with Crippen molar-refractivity contribution in [3.05, 3.63) is 12.2 Å². The Balaban J connectivity index is 2.07. The Morgan fingerprint density at radius 3 is 2.36 bits per heavy atom. The molecule has 3 fully saturated rings. The Morgan fingerprint density at radius 1 is 1.12 bits per heavy atom. The lowest BCUT2D eigenvalue weighted by Gasteiger charge is -2.36. The van der Waals surface area contributed by atoms with Crippen molar-refractivity contribution < 1.29 is 47.7 Å². The molecule has 0 N–H and O–H groups in total. The maximum absolute atomic E-state index is 13.2. The maximum Gasteiger partial charge on any atom is 0.333 e. The van der Waals surface area contributed by atoms with Gasteiger partial charge in [0, 0.05) is 32.3 Å². The van der Waals surface area contributed by atoms with Gasteiger partial charge in [-0.3, -0.25) is 19.2 Å². The van der Waals surface area contributed by atoms with Crippen LogP contribution in [0.15, 0.2) is 12.2 Å². The Labute approximate surface area is 191 Å². The van der Waals surface area contributed by atoms with Crippen LogP contribution in [-0.4, -0.2) is 65.8 Å². The molecule has 7 unspecified atom stereocenters. The number of Topliss-reactive ketones (excluding diaryl/α,β-unsaturated/α-hetero) is 1. The topological polar surface area (TPSA) is 135 Å². The quantitative estimate of drug-likeness (QED) is 0.253. The number of fused-ring (bicyclic) bond motifs is 3. The predicted octanol–water partition coefficient (Wildman–Crippen LogP) is 1.43. The second kappa shape index (κ2) is 8.89. The molecule has 0 spiro atoms. The van der Waals surface area contributed by atoms with Crippen molar-refractivity contribution >= 4 is 29.7 Å². The average molecular weight is 466 g/mol. The second-order valence-electron chi connectivity index (χ2n) is 9.41. The molecule has 1 aliphatic carbocycles. The van der Waals surface area contributed by atoms with Crippen molar-refractivity contribution in [1.82, 2.24) is 0 Å². The zero-order valence-corrected chi connectivity index (χ0v) is 19.5. The summed E-state index contributed by atoms with van der Waals surface area (Å²) in [4.78, 5) is 61.8. The van der Waals surface area contributed by atoms with Gasteiger partial charge in [-0.1, -0.05) is 6.58 Å². The molecular weight excluding hydrogens is 436 g/mol. The number of carbonyl (C=O) groups is 5. The SMILES string of the molecule is C=C(C)C(=O)OC1CC(C)(OC(C)=O)C(=O)CCC2(C)OC2C2OC(=O)C(COC(C)=O)C12. The molecular formula is C23H30O10. The largest absolute Gasteiger partial charge is 0.465 e. The lowest BCUT2D eigenvalue weighted by atomic mass is 9.75. The number of hydrogen-bond donors (Lipinski definition) is 0. The molecule has 3 rings (SSSR count). The Bertz CT molecular complexity index is 894. The zero-order chi connectivity index (χ0) is 24.7. The van der Waals surface area contributed by atoms with Crippen LogP contribution in [0.3, 0.4) is 0 Å². The highest BCUT2D eigenvalue weighted by Gasteiger charge is 2.66. The van der Waals surface area contributed by atoms with Crippen molar-refractivity contribution in [2.24, 2.45) is 11.8 Å². The van der Waals surface area contributed by atoms with Crippen LogP contribution in [0.2, 0.25) is 0 Å². The first-order chi connectivity index (χ1) is 15.3. The summed E-state index contributed by atoms with van der Waals surface area (Å²) < 4.78 is 27.7. The summed E-state index contributed by atoms with van der Waals surface area (Å²) in [6.45, 7) is 10.4. The number of epoxide rings is 1. The van der Waals surface area contributed by atoms with E-state index in [2.05, 4.69) is 6.58 Å². The van der Waals surface area contributed by atoms with Crippen LogP contribution < -0.4 is 0 Å². The highest BCUT2D eigenvalue weighted by Crippen LogP contribution is 2.51. The number of rotatable bonds is 5. The van der Waals surface area contributed by atoms with Crippen LogP contribution in [0.1, 0.15) is 53.9 Å². The predicted molar refractivity (Wildman–Crippen MR) is 110 cm³/mol. The normalized spacial score (nSPS) is 37.7. The van der Waals surface area contributed by atoms with E-state index in [1.165, 1.54) is 27.7 Å². The molecule has 0 radical (unpaired) electrons. The fourth-order valence-corrected chi connectivity index (χ4v) is 4.71. The van der Waals surface area contributed by atoms with Gasteiger partial charge in [0.2, 0.25) is 0 Å². The number of ether oxygens (including phenoxy) is 5. The smallest absolute Gasteiger partial charge is 0.333 e. The van der Waals surface area contributed by atoms with E-state index in [-0.39, 0.29) is 30.8 Å². The first kappa shape index (κ1) is 24.9. The summed E-state index contributed by atoms with van der Waals surface area (Å²) in [6, 6.07) is 0. The zero-order valence-electron chi connectivity index (χ0n) is 19.5. The van der Waals surface area contributed by atoms with E-state index in [9.17, 15) is 24.0 Å². The van der Waals surface area contributed by atoms with Gasteiger partial charge >= 0.3 is 23.9 Å².